The molecule has 0 aliphatic carbocycles. The van der Waals surface area contributed by atoms with Gasteiger partial charge in [-0.25, -0.2) is 0 Å². The second-order valence-electron chi connectivity index (χ2n) is 4.35. The summed E-state index contributed by atoms with van der Waals surface area (Å²) in [5.41, 5.74) is 7.67. The van der Waals surface area contributed by atoms with E-state index in [2.05, 4.69) is 21.0 Å². The first-order chi connectivity index (χ1) is 9.63. The van der Waals surface area contributed by atoms with Crippen LogP contribution in [0.1, 0.15) is 18.1 Å². The molecule has 1 aromatic heterocycles. The van der Waals surface area contributed by atoms with Crippen molar-refractivity contribution in [3.8, 4) is 11.5 Å². The molecule has 0 aliphatic heterocycles. The zero-order chi connectivity index (χ0) is 14.5. The van der Waals surface area contributed by atoms with E-state index < -0.39 is 0 Å². The maximum absolute atomic E-state index is 5.85. The molecule has 20 heavy (non-hydrogen) atoms. The summed E-state index contributed by atoms with van der Waals surface area (Å²) >= 11 is 3.51. The number of halogens is 1. The van der Waals surface area contributed by atoms with E-state index in [9.17, 15) is 0 Å². The first-order valence-corrected chi connectivity index (χ1v) is 7.19. The van der Waals surface area contributed by atoms with E-state index in [4.69, 9.17) is 15.2 Å². The molecule has 0 aliphatic rings. The molecular formula is C14H18BrN3O2. The van der Waals surface area contributed by atoms with Crippen molar-refractivity contribution in [2.75, 3.05) is 6.61 Å². The van der Waals surface area contributed by atoms with Crippen molar-refractivity contribution in [2.45, 2.75) is 20.1 Å². The molecule has 0 saturated heterocycles. The van der Waals surface area contributed by atoms with Crippen molar-refractivity contribution in [1.29, 1.82) is 0 Å². The monoisotopic (exact) mass is 339 g/mol. The highest BCUT2D eigenvalue weighted by Crippen LogP contribution is 2.37. The number of nitrogens with zero attached hydrogens (tertiary/aromatic N) is 2. The van der Waals surface area contributed by atoms with E-state index in [1.54, 1.807) is 10.9 Å². The van der Waals surface area contributed by atoms with Gasteiger partial charge in [-0.3, -0.25) is 4.68 Å². The van der Waals surface area contributed by atoms with Crippen LogP contribution in [0.25, 0.3) is 0 Å². The van der Waals surface area contributed by atoms with Gasteiger partial charge in [-0.1, -0.05) is 0 Å². The van der Waals surface area contributed by atoms with Crippen LogP contribution in [0.3, 0.4) is 0 Å². The fraction of sp³-hybridized carbons (Fsp3) is 0.357. The summed E-state index contributed by atoms with van der Waals surface area (Å²) in [5, 5.41) is 4.11. The van der Waals surface area contributed by atoms with Crippen LogP contribution in [0, 0.1) is 0 Å². The van der Waals surface area contributed by atoms with Gasteiger partial charge in [0.25, 0.3) is 0 Å². The third-order valence-corrected chi connectivity index (χ3v) is 3.34. The molecule has 0 saturated carbocycles. The Morgan fingerprint density at radius 3 is 2.70 bits per heavy atom. The quantitative estimate of drug-likeness (QED) is 0.878. The van der Waals surface area contributed by atoms with Gasteiger partial charge in [0.05, 0.1) is 17.3 Å². The molecule has 2 N–H and O–H groups in total. The van der Waals surface area contributed by atoms with E-state index in [0.717, 1.165) is 15.6 Å². The van der Waals surface area contributed by atoms with Crippen molar-refractivity contribution in [3.63, 3.8) is 0 Å². The highest BCUT2D eigenvalue weighted by atomic mass is 79.9. The molecule has 0 spiro atoms. The van der Waals surface area contributed by atoms with Crippen molar-refractivity contribution < 1.29 is 9.47 Å². The Morgan fingerprint density at radius 2 is 2.10 bits per heavy atom. The SMILES string of the molecule is CCOc1cc(CN)cc(Br)c1OCc1cnn(C)c1. The van der Waals surface area contributed by atoms with Crippen LogP contribution in [0.5, 0.6) is 11.5 Å². The fourth-order valence-electron chi connectivity index (χ4n) is 1.84. The standard InChI is InChI=1S/C14H18BrN3O2/c1-3-19-13-5-10(6-16)4-12(15)14(13)20-9-11-7-17-18(2)8-11/h4-5,7-8H,3,6,9,16H2,1-2H3. The molecule has 0 fully saturated rings. The van der Waals surface area contributed by atoms with Gasteiger partial charge in [0, 0.05) is 25.4 Å². The van der Waals surface area contributed by atoms with Crippen LogP contribution < -0.4 is 15.2 Å². The second kappa shape index (κ2) is 6.76. The molecule has 1 heterocycles. The zero-order valence-corrected chi connectivity index (χ0v) is 13.2. The van der Waals surface area contributed by atoms with E-state index in [0.29, 0.717) is 31.3 Å². The first kappa shape index (κ1) is 14.9. The fourth-order valence-corrected chi connectivity index (χ4v) is 2.45. The van der Waals surface area contributed by atoms with Gasteiger partial charge in [0.1, 0.15) is 6.61 Å². The number of hydrogen-bond donors (Lipinski definition) is 1. The number of ether oxygens (including phenoxy) is 2. The molecule has 0 radical (unpaired) electrons. The lowest BCUT2D eigenvalue weighted by Gasteiger charge is -2.14. The number of aromatic nitrogens is 2. The Hall–Kier alpha value is -1.53. The van der Waals surface area contributed by atoms with E-state index in [1.807, 2.05) is 32.3 Å². The minimum atomic E-state index is 0.439. The van der Waals surface area contributed by atoms with Crippen LogP contribution in [0.2, 0.25) is 0 Å². The van der Waals surface area contributed by atoms with Crippen molar-refractivity contribution in [1.82, 2.24) is 9.78 Å². The van der Waals surface area contributed by atoms with E-state index in [-0.39, 0.29) is 0 Å². The predicted molar refractivity (Wildman–Crippen MR) is 80.7 cm³/mol. The van der Waals surface area contributed by atoms with Crippen LogP contribution in [0.4, 0.5) is 0 Å². The maximum Gasteiger partial charge on any atom is 0.175 e. The summed E-state index contributed by atoms with van der Waals surface area (Å²) < 4.78 is 14.1. The molecule has 2 aromatic rings. The summed E-state index contributed by atoms with van der Waals surface area (Å²) in [6, 6.07) is 3.86. The van der Waals surface area contributed by atoms with Crippen LogP contribution >= 0.6 is 15.9 Å². The van der Waals surface area contributed by atoms with Gasteiger partial charge >= 0.3 is 0 Å². The molecule has 5 nitrogen and oxygen atoms in total. The Bertz CT molecular complexity index is 584. The Morgan fingerprint density at radius 1 is 1.30 bits per heavy atom. The largest absolute Gasteiger partial charge is 0.490 e. The van der Waals surface area contributed by atoms with Gasteiger partial charge in [0.2, 0.25) is 0 Å². The van der Waals surface area contributed by atoms with Crippen LogP contribution in [-0.2, 0) is 20.2 Å². The van der Waals surface area contributed by atoms with E-state index in [1.165, 1.54) is 0 Å². The van der Waals surface area contributed by atoms with Gasteiger partial charge < -0.3 is 15.2 Å². The third-order valence-electron chi connectivity index (χ3n) is 2.75. The number of nitrogens with two attached hydrogens (primary N) is 1. The average Bonchev–Trinajstić information content (AvgIpc) is 2.83. The first-order valence-electron chi connectivity index (χ1n) is 6.39. The number of hydrogen-bond acceptors (Lipinski definition) is 4. The van der Waals surface area contributed by atoms with Crippen molar-refractivity contribution in [2.24, 2.45) is 12.8 Å². The number of rotatable bonds is 6. The summed E-state index contributed by atoms with van der Waals surface area (Å²) in [4.78, 5) is 0. The van der Waals surface area contributed by atoms with Crippen molar-refractivity contribution in [3.05, 3.63) is 40.1 Å². The highest BCUT2D eigenvalue weighted by Gasteiger charge is 2.12. The molecule has 6 heteroatoms. The van der Waals surface area contributed by atoms with Crippen LogP contribution in [0.15, 0.2) is 29.0 Å². The second-order valence-corrected chi connectivity index (χ2v) is 5.21. The molecule has 0 bridgehead atoms. The Balaban J connectivity index is 2.20. The normalized spacial score (nSPS) is 10.6. The highest BCUT2D eigenvalue weighted by molar-refractivity contribution is 9.10. The summed E-state index contributed by atoms with van der Waals surface area (Å²) in [6.45, 7) is 3.41. The van der Waals surface area contributed by atoms with Gasteiger partial charge in [-0.15, -0.1) is 0 Å². The molecular weight excluding hydrogens is 322 g/mol. The molecule has 0 amide bonds. The summed E-state index contributed by atoms with van der Waals surface area (Å²) in [7, 11) is 1.88. The average molecular weight is 340 g/mol. The lowest BCUT2D eigenvalue weighted by Crippen LogP contribution is -2.03. The summed E-state index contributed by atoms with van der Waals surface area (Å²) in [6.07, 6.45) is 3.70. The summed E-state index contributed by atoms with van der Waals surface area (Å²) in [5.74, 6) is 1.39. The number of benzene rings is 1. The minimum absolute atomic E-state index is 0.439. The molecule has 2 rings (SSSR count). The van der Waals surface area contributed by atoms with Crippen LogP contribution in [-0.4, -0.2) is 16.4 Å². The molecule has 1 aromatic carbocycles. The Kier molecular flexibility index (Phi) is 5.03. The van der Waals surface area contributed by atoms with Crippen molar-refractivity contribution >= 4 is 15.9 Å². The topological polar surface area (TPSA) is 62.3 Å². The van der Waals surface area contributed by atoms with E-state index >= 15 is 0 Å². The Labute approximate surface area is 126 Å². The minimum Gasteiger partial charge on any atom is -0.490 e. The molecule has 108 valence electrons. The third kappa shape index (κ3) is 3.52. The molecule has 0 unspecified atom stereocenters. The maximum atomic E-state index is 5.85. The van der Waals surface area contributed by atoms with Gasteiger partial charge in [0.15, 0.2) is 11.5 Å². The van der Waals surface area contributed by atoms with Gasteiger partial charge in [-0.05, 0) is 40.5 Å². The zero-order valence-electron chi connectivity index (χ0n) is 11.6. The molecule has 0 atom stereocenters. The lowest BCUT2D eigenvalue weighted by atomic mass is 10.2. The number of aryl methyl sites for hydroxylation is 1. The lowest BCUT2D eigenvalue weighted by molar-refractivity contribution is 0.267. The van der Waals surface area contributed by atoms with Gasteiger partial charge in [-0.2, -0.15) is 5.10 Å². The predicted octanol–water partition coefficient (Wildman–Crippen LogP) is 2.62. The smallest absolute Gasteiger partial charge is 0.175 e.